The number of aromatic nitrogens is 2. The van der Waals surface area contributed by atoms with Crippen LogP contribution in [-0.4, -0.2) is 9.97 Å². The molecule has 2 heterocycles. The van der Waals surface area contributed by atoms with Gasteiger partial charge in [0.05, 0.1) is 22.8 Å². The molecule has 0 unspecified atom stereocenters. The Balaban J connectivity index is 2.69. The van der Waals surface area contributed by atoms with E-state index in [0.29, 0.717) is 16.0 Å². The van der Waals surface area contributed by atoms with E-state index in [1.165, 1.54) is 12.4 Å². The monoisotopic (exact) mass is 219 g/mol. The highest BCUT2D eigenvalue weighted by Gasteiger charge is 2.35. The molecular weight excluding hydrogens is 215 g/mol. The average molecular weight is 219 g/mol. The number of hydrogen-bond acceptors (Lipinski definition) is 4. The molecule has 2 N–H and O–H groups in total. The number of thiazole rings is 1. The minimum absolute atomic E-state index is 0.183. The number of nitrogens with two attached hydrogens (primary N) is 1. The predicted octanol–water partition coefficient (Wildman–Crippen LogP) is 2.29. The van der Waals surface area contributed by atoms with Gasteiger partial charge < -0.3 is 5.73 Å². The number of nitrogens with zero attached hydrogens (tertiary/aromatic N) is 2. The van der Waals surface area contributed by atoms with Crippen LogP contribution in [0.25, 0.3) is 10.2 Å². The number of anilines is 1. The van der Waals surface area contributed by atoms with Crippen LogP contribution >= 0.6 is 11.3 Å². The molecule has 0 aliphatic carbocycles. The summed E-state index contributed by atoms with van der Waals surface area (Å²) in [5.41, 5.74) is 5.85. The lowest BCUT2D eigenvalue weighted by Gasteiger charge is -1.98. The van der Waals surface area contributed by atoms with Crippen molar-refractivity contribution in [1.82, 2.24) is 9.97 Å². The molecule has 2 rings (SSSR count). The normalized spacial score (nSPS) is 12.2. The van der Waals surface area contributed by atoms with Gasteiger partial charge >= 0.3 is 6.18 Å². The van der Waals surface area contributed by atoms with E-state index >= 15 is 0 Å². The van der Waals surface area contributed by atoms with E-state index in [1.54, 1.807) is 0 Å². The van der Waals surface area contributed by atoms with Crippen LogP contribution in [0, 0.1) is 0 Å². The molecule has 0 saturated carbocycles. The number of alkyl halides is 3. The van der Waals surface area contributed by atoms with Crippen molar-refractivity contribution in [2.75, 3.05) is 5.73 Å². The van der Waals surface area contributed by atoms with Crippen molar-refractivity contribution < 1.29 is 13.2 Å². The van der Waals surface area contributed by atoms with E-state index in [0.717, 1.165) is 0 Å². The Bertz CT molecular complexity index is 476. The lowest BCUT2D eigenvalue weighted by molar-refractivity contribution is -0.137. The maximum atomic E-state index is 12.2. The zero-order valence-electron chi connectivity index (χ0n) is 6.67. The molecule has 2 aromatic heterocycles. The SMILES string of the molecule is Nc1cncc2nc(C(F)(F)F)sc12. The van der Waals surface area contributed by atoms with Gasteiger partial charge in [0.25, 0.3) is 0 Å². The first-order valence-electron chi connectivity index (χ1n) is 3.55. The van der Waals surface area contributed by atoms with Gasteiger partial charge in [-0.3, -0.25) is 4.98 Å². The van der Waals surface area contributed by atoms with Gasteiger partial charge in [-0.1, -0.05) is 0 Å². The molecule has 0 bridgehead atoms. The number of pyridine rings is 1. The van der Waals surface area contributed by atoms with Gasteiger partial charge in [0.15, 0.2) is 5.01 Å². The molecule has 0 atom stereocenters. The third-order valence-electron chi connectivity index (χ3n) is 1.57. The molecule has 74 valence electrons. The highest BCUT2D eigenvalue weighted by molar-refractivity contribution is 7.19. The van der Waals surface area contributed by atoms with Crippen LogP contribution in [0.1, 0.15) is 5.01 Å². The van der Waals surface area contributed by atoms with E-state index in [1.807, 2.05) is 0 Å². The van der Waals surface area contributed by atoms with Crippen LogP contribution in [-0.2, 0) is 6.18 Å². The largest absolute Gasteiger partial charge is 0.443 e. The minimum atomic E-state index is -4.42. The van der Waals surface area contributed by atoms with E-state index in [4.69, 9.17) is 5.73 Å². The second kappa shape index (κ2) is 2.81. The first-order chi connectivity index (χ1) is 6.48. The molecule has 7 heteroatoms. The van der Waals surface area contributed by atoms with Crippen LogP contribution in [0.5, 0.6) is 0 Å². The lowest BCUT2D eigenvalue weighted by atomic mass is 10.4. The Morgan fingerprint density at radius 1 is 1.29 bits per heavy atom. The van der Waals surface area contributed by atoms with Gasteiger partial charge in [0.1, 0.15) is 5.52 Å². The fourth-order valence-corrected chi connectivity index (χ4v) is 1.82. The molecule has 0 aliphatic rings. The van der Waals surface area contributed by atoms with E-state index < -0.39 is 11.2 Å². The Hall–Kier alpha value is -1.37. The number of fused-ring (bicyclic) bond motifs is 1. The van der Waals surface area contributed by atoms with Crippen molar-refractivity contribution in [3.8, 4) is 0 Å². The highest BCUT2D eigenvalue weighted by Crippen LogP contribution is 2.36. The van der Waals surface area contributed by atoms with Crippen molar-refractivity contribution in [3.63, 3.8) is 0 Å². The molecule has 0 spiro atoms. The molecule has 0 radical (unpaired) electrons. The van der Waals surface area contributed by atoms with Gasteiger partial charge in [-0.05, 0) is 0 Å². The molecule has 2 aromatic rings. The Kier molecular flexibility index (Phi) is 1.84. The first kappa shape index (κ1) is 9.20. The standard InChI is InChI=1S/C7H4F3N3S/c8-7(9,10)6-13-4-2-12-1-3(11)5(4)14-6/h1-2H,11H2. The average Bonchev–Trinajstić information content (AvgIpc) is 2.48. The van der Waals surface area contributed by atoms with E-state index in [2.05, 4.69) is 9.97 Å². The zero-order valence-corrected chi connectivity index (χ0v) is 7.49. The molecule has 3 nitrogen and oxygen atoms in total. The molecule has 0 fully saturated rings. The number of hydrogen-bond donors (Lipinski definition) is 1. The maximum absolute atomic E-state index is 12.2. The Morgan fingerprint density at radius 3 is 2.57 bits per heavy atom. The second-order valence-electron chi connectivity index (χ2n) is 2.59. The van der Waals surface area contributed by atoms with Gasteiger partial charge in [0, 0.05) is 0 Å². The number of nitrogen functional groups attached to an aromatic ring is 1. The fourth-order valence-electron chi connectivity index (χ4n) is 0.994. The molecule has 0 aromatic carbocycles. The Morgan fingerprint density at radius 2 is 2.00 bits per heavy atom. The van der Waals surface area contributed by atoms with Crippen LogP contribution in [0.15, 0.2) is 12.4 Å². The van der Waals surface area contributed by atoms with E-state index in [-0.39, 0.29) is 11.2 Å². The molecule has 14 heavy (non-hydrogen) atoms. The summed E-state index contributed by atoms with van der Waals surface area (Å²) in [4.78, 5) is 7.06. The third kappa shape index (κ3) is 1.39. The maximum Gasteiger partial charge on any atom is 0.443 e. The van der Waals surface area contributed by atoms with Gasteiger partial charge in [-0.2, -0.15) is 13.2 Å². The second-order valence-corrected chi connectivity index (χ2v) is 3.59. The van der Waals surface area contributed by atoms with Crippen molar-refractivity contribution in [1.29, 1.82) is 0 Å². The summed E-state index contributed by atoms with van der Waals surface area (Å²) in [7, 11) is 0. The van der Waals surface area contributed by atoms with Crippen molar-refractivity contribution >= 4 is 27.2 Å². The summed E-state index contributed by atoms with van der Waals surface area (Å²) in [6, 6.07) is 0. The van der Waals surface area contributed by atoms with Crippen LogP contribution in [0.3, 0.4) is 0 Å². The third-order valence-corrected chi connectivity index (χ3v) is 2.73. The quantitative estimate of drug-likeness (QED) is 0.739. The molecular formula is C7H4F3N3S. The van der Waals surface area contributed by atoms with E-state index in [9.17, 15) is 13.2 Å². The van der Waals surface area contributed by atoms with Crippen LogP contribution < -0.4 is 5.73 Å². The summed E-state index contributed by atoms with van der Waals surface area (Å²) in [5, 5.41) is -0.896. The van der Waals surface area contributed by atoms with Gasteiger partial charge in [-0.15, -0.1) is 11.3 Å². The number of halogens is 3. The smallest absolute Gasteiger partial charge is 0.396 e. The molecule has 0 amide bonds. The highest BCUT2D eigenvalue weighted by atomic mass is 32.1. The van der Waals surface area contributed by atoms with Gasteiger partial charge in [0.2, 0.25) is 0 Å². The van der Waals surface area contributed by atoms with Crippen molar-refractivity contribution in [2.45, 2.75) is 6.18 Å². The Labute approximate surface area is 80.4 Å². The summed E-state index contributed by atoms with van der Waals surface area (Å²) in [6.45, 7) is 0. The first-order valence-corrected chi connectivity index (χ1v) is 4.37. The number of rotatable bonds is 0. The lowest BCUT2D eigenvalue weighted by Crippen LogP contribution is -2.03. The zero-order chi connectivity index (χ0) is 10.3. The van der Waals surface area contributed by atoms with Gasteiger partial charge in [-0.25, -0.2) is 4.98 Å². The van der Waals surface area contributed by atoms with Crippen LogP contribution in [0.4, 0.5) is 18.9 Å². The summed E-state index contributed by atoms with van der Waals surface area (Å²) in [5.74, 6) is 0. The summed E-state index contributed by atoms with van der Waals surface area (Å²) < 4.78 is 37.1. The minimum Gasteiger partial charge on any atom is -0.396 e. The fraction of sp³-hybridized carbons (Fsp3) is 0.143. The van der Waals surface area contributed by atoms with Crippen molar-refractivity contribution in [3.05, 3.63) is 17.4 Å². The van der Waals surface area contributed by atoms with Crippen molar-refractivity contribution in [2.24, 2.45) is 0 Å². The molecule has 0 aliphatic heterocycles. The molecule has 0 saturated heterocycles. The summed E-state index contributed by atoms with van der Waals surface area (Å²) in [6.07, 6.45) is -1.85. The predicted molar refractivity (Wildman–Crippen MR) is 46.8 cm³/mol. The van der Waals surface area contributed by atoms with Crippen LogP contribution in [0.2, 0.25) is 0 Å². The summed E-state index contributed by atoms with van der Waals surface area (Å²) >= 11 is 0.530. The topological polar surface area (TPSA) is 51.8 Å².